The van der Waals surface area contributed by atoms with Crippen LogP contribution in [0.1, 0.15) is 17.3 Å². The zero-order valence-electron chi connectivity index (χ0n) is 10.9. The number of hydrogen-bond donors (Lipinski definition) is 1. The third-order valence-electron chi connectivity index (χ3n) is 3.49. The Morgan fingerprint density at radius 1 is 1.21 bits per heavy atom. The van der Waals surface area contributed by atoms with Gasteiger partial charge < -0.3 is 5.32 Å². The highest BCUT2D eigenvalue weighted by Crippen LogP contribution is 2.17. The van der Waals surface area contributed by atoms with Crippen LogP contribution >= 0.6 is 0 Å². The molecule has 4 heteroatoms. The number of benzene rings is 1. The van der Waals surface area contributed by atoms with Gasteiger partial charge in [0.05, 0.1) is 5.69 Å². The zero-order chi connectivity index (χ0) is 12.9. The normalized spacial score (nSPS) is 20.3. The van der Waals surface area contributed by atoms with Crippen LogP contribution in [0.15, 0.2) is 48.9 Å². The summed E-state index contributed by atoms with van der Waals surface area (Å²) in [5.74, 6) is 0. The summed E-state index contributed by atoms with van der Waals surface area (Å²) in [6.07, 6.45) is 3.42. The Kier molecular flexibility index (Phi) is 3.81. The summed E-state index contributed by atoms with van der Waals surface area (Å²) in [6.45, 7) is 4.00. The molecule has 1 aromatic carbocycles. The first-order chi connectivity index (χ1) is 9.42. The van der Waals surface area contributed by atoms with E-state index in [1.54, 1.807) is 12.5 Å². The van der Waals surface area contributed by atoms with Crippen molar-refractivity contribution in [1.29, 1.82) is 0 Å². The van der Waals surface area contributed by atoms with Gasteiger partial charge >= 0.3 is 0 Å². The van der Waals surface area contributed by atoms with Crippen LogP contribution in [-0.4, -0.2) is 34.5 Å². The van der Waals surface area contributed by atoms with Gasteiger partial charge in [-0.3, -0.25) is 4.90 Å². The Bertz CT molecular complexity index is 500. The molecular weight excluding hydrogens is 236 g/mol. The van der Waals surface area contributed by atoms with Gasteiger partial charge in [-0.05, 0) is 11.6 Å². The molecule has 98 valence electrons. The average Bonchev–Trinajstić information content (AvgIpc) is 2.49. The molecule has 0 aliphatic carbocycles. The average molecular weight is 254 g/mol. The predicted octanol–water partition coefficient (Wildman–Crippen LogP) is 1.62. The molecule has 1 atom stereocenters. The fourth-order valence-corrected chi connectivity index (χ4v) is 2.50. The standard InChI is InChI=1S/C15H18N4/c1-2-4-13(5-3-1)15-11-19(9-8-17-15)10-14-6-7-16-12-18-14/h1-7,12,15,17H,8-11H2. The molecule has 1 aliphatic rings. The molecule has 0 amide bonds. The second-order valence-corrected chi connectivity index (χ2v) is 4.85. The van der Waals surface area contributed by atoms with E-state index in [0.717, 1.165) is 31.9 Å². The minimum Gasteiger partial charge on any atom is -0.308 e. The lowest BCUT2D eigenvalue weighted by Crippen LogP contribution is -2.45. The highest BCUT2D eigenvalue weighted by molar-refractivity contribution is 5.19. The highest BCUT2D eigenvalue weighted by atomic mass is 15.2. The molecule has 1 unspecified atom stereocenters. The van der Waals surface area contributed by atoms with Crippen LogP contribution in [0.25, 0.3) is 0 Å². The minimum atomic E-state index is 0.414. The first-order valence-electron chi connectivity index (χ1n) is 6.67. The van der Waals surface area contributed by atoms with E-state index in [0.29, 0.717) is 6.04 Å². The van der Waals surface area contributed by atoms with Gasteiger partial charge in [0.1, 0.15) is 6.33 Å². The van der Waals surface area contributed by atoms with E-state index in [4.69, 9.17) is 0 Å². The lowest BCUT2D eigenvalue weighted by atomic mass is 10.0. The molecule has 2 aromatic rings. The topological polar surface area (TPSA) is 41.1 Å². The van der Waals surface area contributed by atoms with E-state index in [1.165, 1.54) is 5.56 Å². The predicted molar refractivity (Wildman–Crippen MR) is 74.5 cm³/mol. The second-order valence-electron chi connectivity index (χ2n) is 4.85. The first kappa shape index (κ1) is 12.3. The number of aromatic nitrogens is 2. The Morgan fingerprint density at radius 2 is 2.11 bits per heavy atom. The fourth-order valence-electron chi connectivity index (χ4n) is 2.50. The minimum absolute atomic E-state index is 0.414. The molecule has 4 nitrogen and oxygen atoms in total. The lowest BCUT2D eigenvalue weighted by molar-refractivity contribution is 0.191. The number of rotatable bonds is 3. The van der Waals surface area contributed by atoms with Crippen LogP contribution < -0.4 is 5.32 Å². The van der Waals surface area contributed by atoms with E-state index < -0.39 is 0 Å². The van der Waals surface area contributed by atoms with Gasteiger partial charge in [-0.15, -0.1) is 0 Å². The van der Waals surface area contributed by atoms with Gasteiger partial charge in [-0.2, -0.15) is 0 Å². The number of piperazine rings is 1. The van der Waals surface area contributed by atoms with Crippen molar-refractivity contribution in [2.75, 3.05) is 19.6 Å². The largest absolute Gasteiger partial charge is 0.308 e. The molecule has 1 aromatic heterocycles. The third-order valence-corrected chi connectivity index (χ3v) is 3.49. The van der Waals surface area contributed by atoms with Gasteiger partial charge in [0, 0.05) is 38.4 Å². The highest BCUT2D eigenvalue weighted by Gasteiger charge is 2.20. The molecule has 0 bridgehead atoms. The Labute approximate surface area is 113 Å². The molecule has 0 radical (unpaired) electrons. The van der Waals surface area contributed by atoms with Gasteiger partial charge in [-0.1, -0.05) is 30.3 Å². The summed E-state index contributed by atoms with van der Waals surface area (Å²) in [7, 11) is 0. The van der Waals surface area contributed by atoms with Gasteiger partial charge in [-0.25, -0.2) is 9.97 Å². The summed E-state index contributed by atoms with van der Waals surface area (Å²) < 4.78 is 0. The van der Waals surface area contributed by atoms with Crippen LogP contribution in [-0.2, 0) is 6.54 Å². The van der Waals surface area contributed by atoms with Gasteiger partial charge in [0.25, 0.3) is 0 Å². The van der Waals surface area contributed by atoms with Crippen LogP contribution in [0, 0.1) is 0 Å². The summed E-state index contributed by atoms with van der Waals surface area (Å²) in [5, 5.41) is 3.58. The Balaban J connectivity index is 1.65. The lowest BCUT2D eigenvalue weighted by Gasteiger charge is -2.33. The summed E-state index contributed by atoms with van der Waals surface area (Å²) in [4.78, 5) is 10.7. The van der Waals surface area contributed by atoms with Crippen molar-refractivity contribution < 1.29 is 0 Å². The molecule has 1 aliphatic heterocycles. The maximum Gasteiger partial charge on any atom is 0.115 e. The van der Waals surface area contributed by atoms with Crippen molar-refractivity contribution in [2.45, 2.75) is 12.6 Å². The number of nitrogens with zero attached hydrogens (tertiary/aromatic N) is 3. The fraction of sp³-hybridized carbons (Fsp3) is 0.333. The summed E-state index contributed by atoms with van der Waals surface area (Å²) >= 11 is 0. The van der Waals surface area contributed by atoms with E-state index in [2.05, 4.69) is 50.5 Å². The van der Waals surface area contributed by atoms with Crippen LogP contribution in [0.3, 0.4) is 0 Å². The van der Waals surface area contributed by atoms with E-state index in [-0.39, 0.29) is 0 Å². The second kappa shape index (κ2) is 5.91. The molecule has 2 heterocycles. The smallest absolute Gasteiger partial charge is 0.115 e. The quantitative estimate of drug-likeness (QED) is 0.903. The third kappa shape index (κ3) is 3.16. The monoisotopic (exact) mass is 254 g/mol. The van der Waals surface area contributed by atoms with E-state index >= 15 is 0 Å². The van der Waals surface area contributed by atoms with Crippen molar-refractivity contribution in [2.24, 2.45) is 0 Å². The first-order valence-corrected chi connectivity index (χ1v) is 6.67. The maximum absolute atomic E-state index is 4.30. The molecule has 1 fully saturated rings. The van der Waals surface area contributed by atoms with Crippen LogP contribution in [0.2, 0.25) is 0 Å². The van der Waals surface area contributed by atoms with Crippen molar-refractivity contribution in [1.82, 2.24) is 20.2 Å². The van der Waals surface area contributed by atoms with Crippen molar-refractivity contribution in [3.8, 4) is 0 Å². The summed E-state index contributed by atoms with van der Waals surface area (Å²) in [5.41, 5.74) is 2.44. The van der Waals surface area contributed by atoms with Crippen LogP contribution in [0.4, 0.5) is 0 Å². The molecule has 19 heavy (non-hydrogen) atoms. The summed E-state index contributed by atoms with van der Waals surface area (Å²) in [6, 6.07) is 13.0. The molecule has 0 saturated carbocycles. The molecule has 1 N–H and O–H groups in total. The molecule has 3 rings (SSSR count). The van der Waals surface area contributed by atoms with E-state index in [9.17, 15) is 0 Å². The molecular formula is C15H18N4. The maximum atomic E-state index is 4.30. The molecule has 1 saturated heterocycles. The number of nitrogens with one attached hydrogen (secondary N) is 1. The Morgan fingerprint density at radius 3 is 2.89 bits per heavy atom. The number of hydrogen-bond acceptors (Lipinski definition) is 4. The van der Waals surface area contributed by atoms with Gasteiger partial charge in [0.15, 0.2) is 0 Å². The Hall–Kier alpha value is -1.78. The van der Waals surface area contributed by atoms with Gasteiger partial charge in [0.2, 0.25) is 0 Å². The van der Waals surface area contributed by atoms with Crippen molar-refractivity contribution in [3.63, 3.8) is 0 Å². The molecule has 0 spiro atoms. The SMILES string of the molecule is c1ccc(C2CN(Cc3ccncn3)CCN2)cc1. The van der Waals surface area contributed by atoms with Crippen molar-refractivity contribution >= 4 is 0 Å². The van der Waals surface area contributed by atoms with Crippen molar-refractivity contribution in [3.05, 3.63) is 60.2 Å². The van der Waals surface area contributed by atoms with Crippen LogP contribution in [0.5, 0.6) is 0 Å². The zero-order valence-corrected chi connectivity index (χ0v) is 10.9. The van der Waals surface area contributed by atoms with E-state index in [1.807, 2.05) is 6.07 Å².